The van der Waals surface area contributed by atoms with Gasteiger partial charge >= 0.3 is 0 Å². The molecule has 1 heteroatoms. The summed E-state index contributed by atoms with van der Waals surface area (Å²) in [4.78, 5) is 0. The molecule has 0 fully saturated rings. The Morgan fingerprint density at radius 3 is 2.55 bits per heavy atom. The Labute approximate surface area is 122 Å². The summed E-state index contributed by atoms with van der Waals surface area (Å²) >= 11 is 0. The molecule has 0 unspecified atom stereocenters. The zero-order valence-electron chi connectivity index (χ0n) is 12.8. The molecule has 2 aromatic rings. The van der Waals surface area contributed by atoms with E-state index in [9.17, 15) is 0 Å². The molecule has 0 bridgehead atoms. The van der Waals surface area contributed by atoms with Crippen LogP contribution in [0, 0.1) is 5.92 Å². The van der Waals surface area contributed by atoms with E-state index in [1.54, 1.807) is 0 Å². The fourth-order valence-corrected chi connectivity index (χ4v) is 2.34. The highest BCUT2D eigenvalue weighted by Crippen LogP contribution is 2.19. The van der Waals surface area contributed by atoms with Gasteiger partial charge in [0.1, 0.15) is 0 Å². The smallest absolute Gasteiger partial charge is 0.0170 e. The first-order valence-electron chi connectivity index (χ1n) is 7.60. The van der Waals surface area contributed by atoms with E-state index in [0.717, 1.165) is 13.1 Å². The Balaban J connectivity index is 2.23. The van der Waals surface area contributed by atoms with E-state index >= 15 is 0 Å². The minimum atomic E-state index is 0.575. The monoisotopic (exact) mass is 267 g/mol. The molecule has 0 aliphatic heterocycles. The largest absolute Gasteiger partial charge is 0.313 e. The summed E-state index contributed by atoms with van der Waals surface area (Å²) in [5.74, 6) is 0.575. The Kier molecular flexibility index (Phi) is 5.37. The van der Waals surface area contributed by atoms with E-state index in [-0.39, 0.29) is 0 Å². The number of benzene rings is 2. The average molecular weight is 267 g/mol. The molecule has 1 nitrogen and oxygen atoms in total. The maximum Gasteiger partial charge on any atom is 0.0170 e. The van der Waals surface area contributed by atoms with Crippen LogP contribution in [0.1, 0.15) is 32.8 Å². The van der Waals surface area contributed by atoms with Crippen molar-refractivity contribution in [3.05, 3.63) is 53.6 Å². The average Bonchev–Trinajstić information content (AvgIpc) is 2.46. The van der Waals surface area contributed by atoms with Crippen LogP contribution in [-0.2, 0) is 0 Å². The molecule has 0 saturated carbocycles. The van der Waals surface area contributed by atoms with Gasteiger partial charge in [-0.25, -0.2) is 0 Å². The molecule has 2 aromatic carbocycles. The fraction of sp³-hybridized carbons (Fsp3) is 0.368. The molecule has 0 amide bonds. The predicted molar refractivity (Wildman–Crippen MR) is 89.9 cm³/mol. The van der Waals surface area contributed by atoms with Crippen molar-refractivity contribution in [1.82, 2.24) is 5.32 Å². The summed E-state index contributed by atoms with van der Waals surface area (Å²) in [5.41, 5.74) is 2.76. The summed E-state index contributed by atoms with van der Waals surface area (Å²) in [6, 6.07) is 15.2. The van der Waals surface area contributed by atoms with Gasteiger partial charge in [0.2, 0.25) is 0 Å². The first-order chi connectivity index (χ1) is 9.70. The van der Waals surface area contributed by atoms with E-state index in [0.29, 0.717) is 5.92 Å². The molecule has 0 heterocycles. The van der Waals surface area contributed by atoms with E-state index in [1.807, 2.05) is 0 Å². The third kappa shape index (κ3) is 3.94. The summed E-state index contributed by atoms with van der Waals surface area (Å²) in [6.07, 6.45) is 3.51. The van der Waals surface area contributed by atoms with Crippen molar-refractivity contribution >= 4 is 16.8 Å². The summed E-state index contributed by atoms with van der Waals surface area (Å²) in [6.45, 7) is 8.80. The zero-order chi connectivity index (χ0) is 14.4. The number of hydrogen-bond acceptors (Lipinski definition) is 1. The number of hydrogen-bond donors (Lipinski definition) is 1. The normalized spacial score (nSPS) is 12.3. The maximum absolute atomic E-state index is 3.51. The minimum absolute atomic E-state index is 0.575. The molecule has 0 aliphatic rings. The van der Waals surface area contributed by atoms with Crippen LogP contribution in [-0.4, -0.2) is 13.1 Å². The molecule has 0 spiro atoms. The summed E-state index contributed by atoms with van der Waals surface area (Å²) in [7, 11) is 0. The molecule has 0 aliphatic carbocycles. The summed E-state index contributed by atoms with van der Waals surface area (Å²) in [5, 5.41) is 6.12. The first-order valence-corrected chi connectivity index (χ1v) is 7.60. The van der Waals surface area contributed by atoms with Gasteiger partial charge in [0, 0.05) is 6.54 Å². The van der Waals surface area contributed by atoms with Crippen molar-refractivity contribution < 1.29 is 0 Å². The van der Waals surface area contributed by atoms with E-state index < -0.39 is 0 Å². The van der Waals surface area contributed by atoms with Crippen molar-refractivity contribution in [3.63, 3.8) is 0 Å². The van der Waals surface area contributed by atoms with E-state index in [1.165, 1.54) is 28.3 Å². The quantitative estimate of drug-likeness (QED) is 0.736. The second kappa shape index (κ2) is 7.25. The standard InChI is InChI=1S/C19H25N/c1-4-11-20-14-19(15(2)3)13-16-9-10-17-7-5-6-8-18(17)12-16/h5-10,12-13,15,20H,4,11,14H2,1-3H3. The van der Waals surface area contributed by atoms with Crippen LogP contribution in [0.25, 0.3) is 16.8 Å². The van der Waals surface area contributed by atoms with Crippen molar-refractivity contribution in [1.29, 1.82) is 0 Å². The molecule has 0 saturated heterocycles. The lowest BCUT2D eigenvalue weighted by Gasteiger charge is -2.13. The fourth-order valence-electron chi connectivity index (χ4n) is 2.34. The van der Waals surface area contributed by atoms with Crippen molar-refractivity contribution in [2.75, 3.05) is 13.1 Å². The Morgan fingerprint density at radius 2 is 1.85 bits per heavy atom. The van der Waals surface area contributed by atoms with Gasteiger partial charge in [-0.15, -0.1) is 0 Å². The van der Waals surface area contributed by atoms with Crippen LogP contribution >= 0.6 is 0 Å². The van der Waals surface area contributed by atoms with Crippen molar-refractivity contribution in [3.8, 4) is 0 Å². The molecule has 1 N–H and O–H groups in total. The highest BCUT2D eigenvalue weighted by atomic mass is 14.8. The van der Waals surface area contributed by atoms with Crippen LogP contribution < -0.4 is 5.32 Å². The zero-order valence-corrected chi connectivity index (χ0v) is 12.8. The number of fused-ring (bicyclic) bond motifs is 1. The predicted octanol–water partition coefficient (Wildman–Crippen LogP) is 4.88. The summed E-state index contributed by atoms with van der Waals surface area (Å²) < 4.78 is 0. The molecular formula is C19H25N. The van der Waals surface area contributed by atoms with Gasteiger partial charge in [0.25, 0.3) is 0 Å². The van der Waals surface area contributed by atoms with Gasteiger partial charge < -0.3 is 5.32 Å². The lowest BCUT2D eigenvalue weighted by molar-refractivity contribution is 0.657. The first kappa shape index (κ1) is 14.8. The van der Waals surface area contributed by atoms with Crippen LogP contribution in [0.15, 0.2) is 48.0 Å². The topological polar surface area (TPSA) is 12.0 Å². The third-order valence-corrected chi connectivity index (χ3v) is 3.62. The van der Waals surface area contributed by atoms with Gasteiger partial charge in [0.05, 0.1) is 0 Å². The lowest BCUT2D eigenvalue weighted by Crippen LogP contribution is -2.19. The molecule has 20 heavy (non-hydrogen) atoms. The Morgan fingerprint density at radius 1 is 1.10 bits per heavy atom. The molecule has 0 atom stereocenters. The highest BCUT2D eigenvalue weighted by Gasteiger charge is 2.03. The molecule has 0 radical (unpaired) electrons. The number of nitrogens with one attached hydrogen (secondary N) is 1. The van der Waals surface area contributed by atoms with Crippen molar-refractivity contribution in [2.45, 2.75) is 27.2 Å². The van der Waals surface area contributed by atoms with E-state index in [2.05, 4.69) is 74.6 Å². The minimum Gasteiger partial charge on any atom is -0.313 e. The van der Waals surface area contributed by atoms with Crippen LogP contribution in [0.3, 0.4) is 0 Å². The van der Waals surface area contributed by atoms with Crippen LogP contribution in [0.5, 0.6) is 0 Å². The lowest BCUT2D eigenvalue weighted by atomic mass is 9.99. The Hall–Kier alpha value is -1.60. The molecular weight excluding hydrogens is 242 g/mol. The number of rotatable bonds is 6. The maximum atomic E-state index is 3.51. The highest BCUT2D eigenvalue weighted by molar-refractivity contribution is 5.84. The van der Waals surface area contributed by atoms with Gasteiger partial charge in [0.15, 0.2) is 0 Å². The second-order valence-corrected chi connectivity index (χ2v) is 5.66. The molecule has 2 rings (SSSR count). The second-order valence-electron chi connectivity index (χ2n) is 5.66. The molecule has 0 aromatic heterocycles. The van der Waals surface area contributed by atoms with Crippen LogP contribution in [0.2, 0.25) is 0 Å². The third-order valence-electron chi connectivity index (χ3n) is 3.62. The molecule has 106 valence electrons. The van der Waals surface area contributed by atoms with Crippen LogP contribution in [0.4, 0.5) is 0 Å². The van der Waals surface area contributed by atoms with E-state index in [4.69, 9.17) is 0 Å². The van der Waals surface area contributed by atoms with Gasteiger partial charge in [-0.05, 0) is 41.3 Å². The Bertz CT molecular complexity index is 581. The van der Waals surface area contributed by atoms with Crippen molar-refractivity contribution in [2.24, 2.45) is 5.92 Å². The van der Waals surface area contributed by atoms with Gasteiger partial charge in [-0.3, -0.25) is 0 Å². The SMILES string of the molecule is CCCNCC(=Cc1ccc2ccccc2c1)C(C)C. The van der Waals surface area contributed by atoms with Gasteiger partial charge in [-0.2, -0.15) is 0 Å². The van der Waals surface area contributed by atoms with Gasteiger partial charge in [-0.1, -0.05) is 68.8 Å².